The van der Waals surface area contributed by atoms with Crippen LogP contribution in [0.5, 0.6) is 0 Å². The van der Waals surface area contributed by atoms with Gasteiger partial charge in [0.05, 0.1) is 11.9 Å². The van der Waals surface area contributed by atoms with Gasteiger partial charge in [0.15, 0.2) is 0 Å². The van der Waals surface area contributed by atoms with E-state index in [2.05, 4.69) is 73.5 Å². The van der Waals surface area contributed by atoms with Gasteiger partial charge in [-0.25, -0.2) is 4.98 Å². The molecule has 0 spiro atoms. The molecule has 2 heterocycles. The first-order valence-corrected chi connectivity index (χ1v) is 7.58. The first kappa shape index (κ1) is 13.9. The van der Waals surface area contributed by atoms with Crippen molar-refractivity contribution in [2.45, 2.75) is 34.1 Å². The summed E-state index contributed by atoms with van der Waals surface area (Å²) >= 11 is 0. The van der Waals surface area contributed by atoms with E-state index in [9.17, 15) is 0 Å². The van der Waals surface area contributed by atoms with E-state index in [1.54, 1.807) is 0 Å². The molecule has 1 aromatic carbocycles. The Kier molecular flexibility index (Phi) is 3.54. The Morgan fingerprint density at radius 1 is 1.05 bits per heavy atom. The summed E-state index contributed by atoms with van der Waals surface area (Å²) in [5, 5.41) is 0. The molecule has 0 N–H and O–H groups in total. The van der Waals surface area contributed by atoms with Crippen LogP contribution in [0, 0.1) is 19.8 Å². The minimum Gasteiger partial charge on any atom is -0.297 e. The lowest BCUT2D eigenvalue weighted by Gasteiger charge is -2.09. The van der Waals surface area contributed by atoms with E-state index in [0.29, 0.717) is 5.92 Å². The molecule has 0 aliphatic carbocycles. The fourth-order valence-electron chi connectivity index (χ4n) is 2.96. The van der Waals surface area contributed by atoms with Gasteiger partial charge in [-0.1, -0.05) is 38.1 Å². The summed E-state index contributed by atoms with van der Waals surface area (Å²) in [7, 11) is 0. The molecule has 0 bridgehead atoms. The van der Waals surface area contributed by atoms with E-state index >= 15 is 0 Å². The third kappa shape index (κ3) is 2.71. The van der Waals surface area contributed by atoms with Crippen LogP contribution >= 0.6 is 0 Å². The number of hydrogen-bond donors (Lipinski definition) is 0. The van der Waals surface area contributed by atoms with Crippen molar-refractivity contribution in [2.75, 3.05) is 0 Å². The lowest BCUT2D eigenvalue weighted by atomic mass is 10.0. The molecule has 0 unspecified atom stereocenters. The lowest BCUT2D eigenvalue weighted by molar-refractivity contribution is 0.647. The molecule has 0 radical (unpaired) electrons. The van der Waals surface area contributed by atoms with Crippen molar-refractivity contribution < 1.29 is 0 Å². The maximum absolute atomic E-state index is 4.55. The zero-order valence-electron chi connectivity index (χ0n) is 13.2. The first-order valence-electron chi connectivity index (χ1n) is 7.58. The number of aromatic nitrogens is 2. The van der Waals surface area contributed by atoms with E-state index < -0.39 is 0 Å². The van der Waals surface area contributed by atoms with Gasteiger partial charge in [0, 0.05) is 11.3 Å². The molecule has 2 nitrogen and oxygen atoms in total. The van der Waals surface area contributed by atoms with Crippen molar-refractivity contribution in [3.63, 3.8) is 0 Å². The van der Waals surface area contributed by atoms with Crippen LogP contribution in [0.3, 0.4) is 0 Å². The second-order valence-corrected chi connectivity index (χ2v) is 6.31. The number of nitrogens with zero attached hydrogens (tertiary/aromatic N) is 2. The van der Waals surface area contributed by atoms with Gasteiger partial charge in [0.2, 0.25) is 0 Å². The number of imidazole rings is 1. The molecule has 3 aromatic rings. The number of rotatable bonds is 3. The van der Waals surface area contributed by atoms with Crippen molar-refractivity contribution in [1.29, 1.82) is 0 Å². The highest BCUT2D eigenvalue weighted by Crippen LogP contribution is 2.24. The fraction of sp³-hybridized carbons (Fsp3) is 0.316. The van der Waals surface area contributed by atoms with Crippen LogP contribution in [0.25, 0.3) is 16.9 Å². The average molecular weight is 278 g/mol. The predicted molar refractivity (Wildman–Crippen MR) is 88.6 cm³/mol. The van der Waals surface area contributed by atoms with Crippen LogP contribution in [-0.4, -0.2) is 9.38 Å². The summed E-state index contributed by atoms with van der Waals surface area (Å²) in [6.45, 7) is 8.76. The van der Waals surface area contributed by atoms with Crippen molar-refractivity contribution in [2.24, 2.45) is 5.92 Å². The summed E-state index contributed by atoms with van der Waals surface area (Å²) in [6, 6.07) is 13.2. The van der Waals surface area contributed by atoms with Gasteiger partial charge in [-0.3, -0.25) is 4.40 Å². The molecule has 0 atom stereocenters. The van der Waals surface area contributed by atoms with Crippen LogP contribution < -0.4 is 0 Å². The normalized spacial score (nSPS) is 11.5. The van der Waals surface area contributed by atoms with Gasteiger partial charge in [0.1, 0.15) is 5.65 Å². The highest BCUT2D eigenvalue weighted by Gasteiger charge is 2.08. The standard InChI is InChI=1S/C19H22N2/c1-13(2)9-16-5-7-17(8-6-16)18-12-20-19-11-14(3)10-15(4)21(18)19/h5-8,10-13H,9H2,1-4H3. The Labute approximate surface area is 126 Å². The Morgan fingerprint density at radius 3 is 2.43 bits per heavy atom. The van der Waals surface area contributed by atoms with Crippen LogP contribution in [0.1, 0.15) is 30.7 Å². The Balaban J connectivity index is 2.04. The minimum absolute atomic E-state index is 0.692. The molecule has 21 heavy (non-hydrogen) atoms. The topological polar surface area (TPSA) is 17.3 Å². The second kappa shape index (κ2) is 5.36. The molecule has 0 amide bonds. The summed E-state index contributed by atoms with van der Waals surface area (Å²) in [5.41, 5.74) is 7.29. The molecule has 108 valence electrons. The third-order valence-corrected chi connectivity index (χ3v) is 3.83. The van der Waals surface area contributed by atoms with Gasteiger partial charge in [-0.05, 0) is 49.4 Å². The number of benzene rings is 1. The second-order valence-electron chi connectivity index (χ2n) is 6.31. The van der Waals surface area contributed by atoms with E-state index in [0.717, 1.165) is 12.1 Å². The number of hydrogen-bond acceptors (Lipinski definition) is 1. The van der Waals surface area contributed by atoms with E-state index in [1.165, 1.54) is 28.1 Å². The smallest absolute Gasteiger partial charge is 0.137 e. The van der Waals surface area contributed by atoms with E-state index in [1.807, 2.05) is 6.20 Å². The van der Waals surface area contributed by atoms with Gasteiger partial charge >= 0.3 is 0 Å². The number of aryl methyl sites for hydroxylation is 2. The first-order chi connectivity index (χ1) is 10.0. The maximum atomic E-state index is 4.55. The SMILES string of the molecule is Cc1cc(C)n2c(-c3ccc(CC(C)C)cc3)cnc2c1. The third-order valence-electron chi connectivity index (χ3n) is 3.83. The van der Waals surface area contributed by atoms with Gasteiger partial charge in [-0.15, -0.1) is 0 Å². The van der Waals surface area contributed by atoms with Crippen molar-refractivity contribution in [1.82, 2.24) is 9.38 Å². The fourth-order valence-corrected chi connectivity index (χ4v) is 2.96. The quantitative estimate of drug-likeness (QED) is 0.671. The van der Waals surface area contributed by atoms with E-state index in [4.69, 9.17) is 0 Å². The highest BCUT2D eigenvalue weighted by atomic mass is 15.0. The van der Waals surface area contributed by atoms with Crippen molar-refractivity contribution in [3.8, 4) is 11.3 Å². The van der Waals surface area contributed by atoms with Crippen molar-refractivity contribution in [3.05, 3.63) is 59.4 Å². The van der Waals surface area contributed by atoms with Gasteiger partial charge < -0.3 is 0 Å². The Morgan fingerprint density at radius 2 is 1.76 bits per heavy atom. The number of fused-ring (bicyclic) bond motifs is 1. The van der Waals surface area contributed by atoms with Gasteiger partial charge in [0.25, 0.3) is 0 Å². The molecule has 0 saturated heterocycles. The Hall–Kier alpha value is -2.09. The molecular formula is C19H22N2. The van der Waals surface area contributed by atoms with E-state index in [-0.39, 0.29) is 0 Å². The highest BCUT2D eigenvalue weighted by molar-refractivity contribution is 5.65. The zero-order chi connectivity index (χ0) is 15.0. The Bertz CT molecular complexity index is 764. The monoisotopic (exact) mass is 278 g/mol. The van der Waals surface area contributed by atoms with Crippen molar-refractivity contribution >= 4 is 5.65 Å². The summed E-state index contributed by atoms with van der Waals surface area (Å²) in [5.74, 6) is 0.692. The molecule has 0 fully saturated rings. The minimum atomic E-state index is 0.692. The molecule has 0 aliphatic heterocycles. The molecule has 2 heteroatoms. The maximum Gasteiger partial charge on any atom is 0.137 e. The number of pyridine rings is 1. The molecule has 3 rings (SSSR count). The summed E-state index contributed by atoms with van der Waals surface area (Å²) < 4.78 is 2.23. The van der Waals surface area contributed by atoms with Crippen LogP contribution in [0.4, 0.5) is 0 Å². The molecule has 0 aliphatic rings. The largest absolute Gasteiger partial charge is 0.297 e. The summed E-state index contributed by atoms with van der Waals surface area (Å²) in [4.78, 5) is 4.55. The predicted octanol–water partition coefficient (Wildman–Crippen LogP) is 4.82. The zero-order valence-corrected chi connectivity index (χ0v) is 13.2. The van der Waals surface area contributed by atoms with Crippen LogP contribution in [-0.2, 0) is 6.42 Å². The molecule has 2 aromatic heterocycles. The molecule has 0 saturated carbocycles. The van der Waals surface area contributed by atoms with Crippen LogP contribution in [0.2, 0.25) is 0 Å². The van der Waals surface area contributed by atoms with Crippen LogP contribution in [0.15, 0.2) is 42.6 Å². The van der Waals surface area contributed by atoms with Gasteiger partial charge in [-0.2, -0.15) is 0 Å². The lowest BCUT2D eigenvalue weighted by Crippen LogP contribution is -1.96. The average Bonchev–Trinajstić information content (AvgIpc) is 2.83. The summed E-state index contributed by atoms with van der Waals surface area (Å²) in [6.07, 6.45) is 3.10. The molecular weight excluding hydrogens is 256 g/mol.